The number of rotatable bonds is 4. The first-order chi connectivity index (χ1) is 7.09. The van der Waals surface area contributed by atoms with Gasteiger partial charge in [0, 0.05) is 18.3 Å². The first-order valence-electron chi connectivity index (χ1n) is 5.68. The fourth-order valence-corrected chi connectivity index (χ4v) is 2.48. The van der Waals surface area contributed by atoms with Crippen molar-refractivity contribution in [3.05, 3.63) is 0 Å². The zero-order valence-corrected chi connectivity index (χ0v) is 11.1. The molecule has 1 rings (SSSR count). The van der Waals surface area contributed by atoms with Crippen molar-refractivity contribution in [1.29, 1.82) is 0 Å². The number of hydrogen-bond donors (Lipinski definition) is 1. The van der Waals surface area contributed by atoms with Crippen molar-refractivity contribution < 1.29 is 0 Å². The highest BCUT2D eigenvalue weighted by Gasteiger charge is 2.19. The van der Waals surface area contributed by atoms with Gasteiger partial charge in [0.1, 0.15) is 0 Å². The maximum Gasteiger partial charge on any atom is 0.156 e. The number of nitrogens with one attached hydrogen (secondary N) is 1. The van der Waals surface area contributed by atoms with E-state index in [2.05, 4.69) is 43.2 Å². The van der Waals surface area contributed by atoms with Gasteiger partial charge in [0.25, 0.3) is 0 Å². The Kier molecular flexibility index (Phi) is 5.47. The van der Waals surface area contributed by atoms with Crippen LogP contribution in [0.15, 0.2) is 4.99 Å². The van der Waals surface area contributed by atoms with E-state index in [1.165, 1.54) is 12.2 Å². The predicted molar refractivity (Wildman–Crippen MR) is 69.7 cm³/mol. The summed E-state index contributed by atoms with van der Waals surface area (Å²) >= 11 is 1.86. The van der Waals surface area contributed by atoms with Crippen LogP contribution in [0.3, 0.4) is 0 Å². The largest absolute Gasteiger partial charge is 0.362 e. The van der Waals surface area contributed by atoms with Crippen molar-refractivity contribution in [2.24, 2.45) is 10.9 Å². The van der Waals surface area contributed by atoms with Crippen LogP contribution in [0.4, 0.5) is 0 Å². The maximum absolute atomic E-state index is 4.58. The topological polar surface area (TPSA) is 27.6 Å². The van der Waals surface area contributed by atoms with Crippen LogP contribution in [-0.4, -0.2) is 49.0 Å². The molecule has 1 fully saturated rings. The first kappa shape index (κ1) is 12.8. The fourth-order valence-electron chi connectivity index (χ4n) is 1.50. The van der Waals surface area contributed by atoms with E-state index in [9.17, 15) is 0 Å². The van der Waals surface area contributed by atoms with E-state index in [0.717, 1.165) is 18.3 Å². The molecule has 1 saturated heterocycles. The standard InChI is InChI=1S/C11H23N3S/c1-9(2)10-5-8-15-11(13-10)12-6-7-14(3)4/h9-10H,5-8H2,1-4H3,(H,12,13). The number of thioether (sulfide) groups is 1. The van der Waals surface area contributed by atoms with Crippen molar-refractivity contribution >= 4 is 16.9 Å². The summed E-state index contributed by atoms with van der Waals surface area (Å²) in [6, 6.07) is 0.615. The van der Waals surface area contributed by atoms with Gasteiger partial charge in [-0.25, -0.2) is 0 Å². The van der Waals surface area contributed by atoms with Gasteiger partial charge in [0.05, 0.1) is 6.54 Å². The van der Waals surface area contributed by atoms with Gasteiger partial charge in [-0.05, 0) is 26.4 Å². The molecular formula is C11H23N3S. The van der Waals surface area contributed by atoms with Crippen molar-refractivity contribution in [1.82, 2.24) is 10.2 Å². The Bertz CT molecular complexity index is 214. The van der Waals surface area contributed by atoms with E-state index < -0.39 is 0 Å². The Labute approximate surface area is 97.7 Å². The summed E-state index contributed by atoms with van der Waals surface area (Å²) < 4.78 is 0. The highest BCUT2D eigenvalue weighted by molar-refractivity contribution is 8.13. The van der Waals surface area contributed by atoms with E-state index in [1.807, 2.05) is 11.8 Å². The second kappa shape index (κ2) is 6.38. The van der Waals surface area contributed by atoms with Crippen molar-refractivity contribution in [2.45, 2.75) is 26.3 Å². The average Bonchev–Trinajstić information content (AvgIpc) is 2.17. The van der Waals surface area contributed by atoms with Gasteiger partial charge in [0.2, 0.25) is 0 Å². The lowest BCUT2D eigenvalue weighted by Gasteiger charge is -2.28. The van der Waals surface area contributed by atoms with Crippen molar-refractivity contribution in [3.8, 4) is 0 Å². The highest BCUT2D eigenvalue weighted by atomic mass is 32.2. The molecule has 1 heterocycles. The van der Waals surface area contributed by atoms with Crippen LogP contribution in [0.25, 0.3) is 0 Å². The number of nitrogens with zero attached hydrogens (tertiary/aromatic N) is 2. The summed E-state index contributed by atoms with van der Waals surface area (Å²) in [5.74, 6) is 1.90. The van der Waals surface area contributed by atoms with Gasteiger partial charge >= 0.3 is 0 Å². The van der Waals surface area contributed by atoms with Crippen molar-refractivity contribution in [3.63, 3.8) is 0 Å². The third-order valence-corrected chi connectivity index (χ3v) is 3.54. The van der Waals surface area contributed by atoms with Crippen LogP contribution in [0.5, 0.6) is 0 Å². The molecule has 1 atom stereocenters. The van der Waals surface area contributed by atoms with E-state index in [4.69, 9.17) is 0 Å². The van der Waals surface area contributed by atoms with Gasteiger partial charge < -0.3 is 10.2 Å². The van der Waals surface area contributed by atoms with Crippen LogP contribution < -0.4 is 5.32 Å². The van der Waals surface area contributed by atoms with Crippen LogP contribution >= 0.6 is 11.8 Å². The number of aliphatic imine (C=N–C) groups is 1. The number of amidine groups is 1. The summed E-state index contributed by atoms with van der Waals surface area (Å²) in [5, 5.41) is 4.66. The Hall–Kier alpha value is -0.220. The highest BCUT2D eigenvalue weighted by Crippen LogP contribution is 2.18. The van der Waals surface area contributed by atoms with E-state index in [1.54, 1.807) is 0 Å². The molecule has 0 aromatic heterocycles. The Morgan fingerprint density at radius 3 is 2.87 bits per heavy atom. The predicted octanol–water partition coefficient (Wildman–Crippen LogP) is 1.66. The molecule has 0 saturated carbocycles. The molecule has 4 heteroatoms. The smallest absolute Gasteiger partial charge is 0.156 e. The molecule has 3 nitrogen and oxygen atoms in total. The van der Waals surface area contributed by atoms with Gasteiger partial charge in [-0.15, -0.1) is 0 Å². The molecule has 0 spiro atoms. The summed E-state index contributed by atoms with van der Waals surface area (Å²) in [4.78, 5) is 6.75. The third-order valence-electron chi connectivity index (χ3n) is 2.58. The Morgan fingerprint density at radius 2 is 2.27 bits per heavy atom. The zero-order valence-electron chi connectivity index (χ0n) is 10.3. The summed E-state index contributed by atoms with van der Waals surface area (Å²) in [6.07, 6.45) is 1.26. The molecule has 0 bridgehead atoms. The van der Waals surface area contributed by atoms with Crippen molar-refractivity contribution in [2.75, 3.05) is 32.9 Å². The summed E-state index contributed by atoms with van der Waals surface area (Å²) in [7, 11) is 4.16. The summed E-state index contributed by atoms with van der Waals surface area (Å²) in [6.45, 7) is 6.46. The van der Waals surface area contributed by atoms with Gasteiger partial charge in [0.15, 0.2) is 5.17 Å². The molecule has 15 heavy (non-hydrogen) atoms. The van der Waals surface area contributed by atoms with E-state index in [0.29, 0.717) is 12.0 Å². The number of likely N-dealkylation sites (N-methyl/N-ethyl adjacent to an activating group) is 1. The second-order valence-electron chi connectivity index (χ2n) is 4.62. The minimum Gasteiger partial charge on any atom is -0.362 e. The monoisotopic (exact) mass is 229 g/mol. The molecule has 0 amide bonds. The van der Waals surface area contributed by atoms with Crippen LogP contribution in [-0.2, 0) is 0 Å². The fraction of sp³-hybridized carbons (Fsp3) is 0.909. The Morgan fingerprint density at radius 1 is 1.53 bits per heavy atom. The molecule has 88 valence electrons. The molecule has 1 aliphatic heterocycles. The minimum absolute atomic E-state index is 0.615. The second-order valence-corrected chi connectivity index (χ2v) is 5.71. The molecular weight excluding hydrogens is 206 g/mol. The first-order valence-corrected chi connectivity index (χ1v) is 6.66. The molecule has 0 aromatic rings. The maximum atomic E-state index is 4.58. The van der Waals surface area contributed by atoms with Crippen LogP contribution in [0, 0.1) is 5.92 Å². The van der Waals surface area contributed by atoms with Crippen LogP contribution in [0.1, 0.15) is 20.3 Å². The molecule has 1 aliphatic rings. The minimum atomic E-state index is 0.615. The average molecular weight is 229 g/mol. The normalized spacial score (nSPS) is 24.9. The molecule has 0 aromatic carbocycles. The lowest BCUT2D eigenvalue weighted by molar-refractivity contribution is 0.418. The zero-order chi connectivity index (χ0) is 11.3. The van der Waals surface area contributed by atoms with Gasteiger partial charge in [-0.3, -0.25) is 4.99 Å². The molecule has 0 radical (unpaired) electrons. The Balaban J connectivity index is 2.35. The SMILES string of the molecule is CC(C)C1CCSC(=NCCN(C)C)N1. The molecule has 0 aliphatic carbocycles. The lowest BCUT2D eigenvalue weighted by atomic mass is 10.0. The van der Waals surface area contributed by atoms with Gasteiger partial charge in [-0.1, -0.05) is 25.6 Å². The quantitative estimate of drug-likeness (QED) is 0.794. The van der Waals surface area contributed by atoms with Crippen LogP contribution in [0.2, 0.25) is 0 Å². The van der Waals surface area contributed by atoms with E-state index >= 15 is 0 Å². The summed E-state index contributed by atoms with van der Waals surface area (Å²) in [5.41, 5.74) is 0. The molecule has 1 N–H and O–H groups in total. The molecule has 1 unspecified atom stereocenters. The number of hydrogen-bond acceptors (Lipinski definition) is 3. The van der Waals surface area contributed by atoms with Gasteiger partial charge in [-0.2, -0.15) is 0 Å². The van der Waals surface area contributed by atoms with E-state index in [-0.39, 0.29) is 0 Å². The third kappa shape index (κ3) is 4.89. The lowest BCUT2D eigenvalue weighted by Crippen LogP contribution is -2.41.